The first-order valence-corrected chi connectivity index (χ1v) is 5.27. The molecule has 2 unspecified atom stereocenters. The highest BCUT2D eigenvalue weighted by atomic mass is 15.2. The van der Waals surface area contributed by atoms with Crippen LogP contribution in [0.25, 0.3) is 0 Å². The topological polar surface area (TPSA) is 29.3 Å². The molecule has 0 spiro atoms. The van der Waals surface area contributed by atoms with Gasteiger partial charge < -0.3 is 5.73 Å². The van der Waals surface area contributed by atoms with Crippen molar-refractivity contribution in [2.45, 2.75) is 38.8 Å². The van der Waals surface area contributed by atoms with E-state index in [9.17, 15) is 0 Å². The van der Waals surface area contributed by atoms with Gasteiger partial charge in [-0.05, 0) is 39.2 Å². The maximum Gasteiger partial charge on any atom is 0.0166 e. The van der Waals surface area contributed by atoms with E-state index < -0.39 is 0 Å². The van der Waals surface area contributed by atoms with Crippen LogP contribution in [0.4, 0.5) is 0 Å². The second-order valence-corrected chi connectivity index (χ2v) is 4.22. The Morgan fingerprint density at radius 3 is 2.54 bits per heavy atom. The van der Waals surface area contributed by atoms with Crippen molar-refractivity contribution in [1.82, 2.24) is 4.90 Å². The third-order valence-corrected chi connectivity index (χ3v) is 3.11. The van der Waals surface area contributed by atoms with Crippen LogP contribution in [0, 0.1) is 5.92 Å². The fourth-order valence-electron chi connectivity index (χ4n) is 2.14. The molecule has 2 atom stereocenters. The minimum atomic E-state index is 0.609. The van der Waals surface area contributed by atoms with Crippen molar-refractivity contribution < 1.29 is 0 Å². The van der Waals surface area contributed by atoms with Crippen LogP contribution in [-0.2, 0) is 0 Å². The average molecular weight is 182 g/mol. The van der Waals surface area contributed by atoms with Crippen LogP contribution >= 0.6 is 0 Å². The van der Waals surface area contributed by atoms with Crippen molar-refractivity contribution >= 4 is 0 Å². The fourth-order valence-corrected chi connectivity index (χ4v) is 2.14. The zero-order chi connectivity index (χ0) is 9.84. The van der Waals surface area contributed by atoms with Crippen LogP contribution < -0.4 is 5.73 Å². The lowest BCUT2D eigenvalue weighted by Gasteiger charge is -2.45. The predicted molar refractivity (Wildman–Crippen MR) is 57.6 cm³/mol. The number of nitrogens with two attached hydrogens (primary N) is 1. The molecule has 1 saturated carbocycles. The number of rotatable bonds is 5. The summed E-state index contributed by atoms with van der Waals surface area (Å²) in [6, 6.07) is 1.32. The molecule has 76 valence electrons. The second kappa shape index (κ2) is 4.77. The summed E-state index contributed by atoms with van der Waals surface area (Å²) in [4.78, 5) is 2.51. The minimum absolute atomic E-state index is 0.609. The summed E-state index contributed by atoms with van der Waals surface area (Å²) in [6.07, 6.45) is 4.61. The maximum absolute atomic E-state index is 5.71. The standard InChI is InChI=1S/C11H22N2/c1-4-7-13(9(2)3)11-6-5-10(11)8-12/h4,9-11H,1,5-8,12H2,2-3H3. The van der Waals surface area contributed by atoms with Gasteiger partial charge >= 0.3 is 0 Å². The van der Waals surface area contributed by atoms with Crippen LogP contribution in [-0.4, -0.2) is 30.1 Å². The Balaban J connectivity index is 2.49. The number of nitrogens with zero attached hydrogens (tertiary/aromatic N) is 1. The molecule has 1 rings (SSSR count). The van der Waals surface area contributed by atoms with Crippen molar-refractivity contribution in [2.24, 2.45) is 11.7 Å². The smallest absolute Gasteiger partial charge is 0.0166 e. The maximum atomic E-state index is 5.71. The summed E-state index contributed by atoms with van der Waals surface area (Å²) < 4.78 is 0. The summed E-state index contributed by atoms with van der Waals surface area (Å²) in [5.41, 5.74) is 5.71. The molecule has 0 aromatic heterocycles. The van der Waals surface area contributed by atoms with E-state index in [1.165, 1.54) is 12.8 Å². The molecule has 1 aliphatic rings. The molecule has 1 fully saturated rings. The lowest BCUT2D eigenvalue weighted by atomic mass is 9.78. The first kappa shape index (κ1) is 10.7. The Kier molecular flexibility index (Phi) is 3.94. The van der Waals surface area contributed by atoms with E-state index in [1.807, 2.05) is 6.08 Å². The van der Waals surface area contributed by atoms with E-state index >= 15 is 0 Å². The van der Waals surface area contributed by atoms with Gasteiger partial charge in [0, 0.05) is 18.6 Å². The van der Waals surface area contributed by atoms with Crippen LogP contribution in [0.5, 0.6) is 0 Å². The summed E-state index contributed by atoms with van der Waals surface area (Å²) in [5.74, 6) is 0.724. The van der Waals surface area contributed by atoms with E-state index in [1.54, 1.807) is 0 Å². The van der Waals surface area contributed by atoms with Gasteiger partial charge in [-0.2, -0.15) is 0 Å². The van der Waals surface area contributed by atoms with Crippen molar-refractivity contribution in [3.05, 3.63) is 12.7 Å². The van der Waals surface area contributed by atoms with Gasteiger partial charge in [0.25, 0.3) is 0 Å². The van der Waals surface area contributed by atoms with Gasteiger partial charge in [0.1, 0.15) is 0 Å². The van der Waals surface area contributed by atoms with E-state index in [0.717, 1.165) is 19.0 Å². The monoisotopic (exact) mass is 182 g/mol. The summed E-state index contributed by atoms with van der Waals surface area (Å²) in [5, 5.41) is 0. The van der Waals surface area contributed by atoms with Crippen molar-refractivity contribution in [1.29, 1.82) is 0 Å². The van der Waals surface area contributed by atoms with Gasteiger partial charge in [0.05, 0.1) is 0 Å². The Morgan fingerprint density at radius 1 is 1.54 bits per heavy atom. The van der Waals surface area contributed by atoms with Crippen LogP contribution in [0.2, 0.25) is 0 Å². The second-order valence-electron chi connectivity index (χ2n) is 4.22. The van der Waals surface area contributed by atoms with Gasteiger partial charge in [0.15, 0.2) is 0 Å². The van der Waals surface area contributed by atoms with Crippen molar-refractivity contribution in [2.75, 3.05) is 13.1 Å². The molecule has 13 heavy (non-hydrogen) atoms. The van der Waals surface area contributed by atoms with Gasteiger partial charge in [-0.1, -0.05) is 6.08 Å². The first-order chi connectivity index (χ1) is 6.20. The average Bonchev–Trinajstić information content (AvgIpc) is 2.02. The zero-order valence-corrected chi connectivity index (χ0v) is 8.87. The van der Waals surface area contributed by atoms with E-state index in [2.05, 4.69) is 25.3 Å². The Bertz CT molecular complexity index is 163. The van der Waals surface area contributed by atoms with Gasteiger partial charge in [-0.25, -0.2) is 0 Å². The Morgan fingerprint density at radius 2 is 2.23 bits per heavy atom. The highest BCUT2D eigenvalue weighted by Crippen LogP contribution is 2.32. The van der Waals surface area contributed by atoms with Crippen molar-refractivity contribution in [3.63, 3.8) is 0 Å². The molecule has 0 heterocycles. The van der Waals surface area contributed by atoms with E-state index in [-0.39, 0.29) is 0 Å². The van der Waals surface area contributed by atoms with Gasteiger partial charge in [0.2, 0.25) is 0 Å². The lowest BCUT2D eigenvalue weighted by Crippen LogP contribution is -2.52. The van der Waals surface area contributed by atoms with Crippen LogP contribution in [0.3, 0.4) is 0 Å². The van der Waals surface area contributed by atoms with E-state index in [0.29, 0.717) is 12.1 Å². The highest BCUT2D eigenvalue weighted by molar-refractivity contribution is 4.92. The molecule has 2 N–H and O–H groups in total. The Hall–Kier alpha value is -0.340. The zero-order valence-electron chi connectivity index (χ0n) is 8.87. The fraction of sp³-hybridized carbons (Fsp3) is 0.818. The molecular weight excluding hydrogens is 160 g/mol. The van der Waals surface area contributed by atoms with Crippen LogP contribution in [0.15, 0.2) is 12.7 Å². The molecule has 2 nitrogen and oxygen atoms in total. The third-order valence-electron chi connectivity index (χ3n) is 3.11. The molecule has 0 radical (unpaired) electrons. The summed E-state index contributed by atoms with van der Waals surface area (Å²) >= 11 is 0. The van der Waals surface area contributed by atoms with Gasteiger partial charge in [-0.3, -0.25) is 4.90 Å². The lowest BCUT2D eigenvalue weighted by molar-refractivity contribution is 0.0523. The molecule has 1 aliphatic carbocycles. The number of hydrogen-bond donors (Lipinski definition) is 1. The minimum Gasteiger partial charge on any atom is -0.330 e. The molecule has 0 saturated heterocycles. The van der Waals surface area contributed by atoms with Gasteiger partial charge in [-0.15, -0.1) is 6.58 Å². The largest absolute Gasteiger partial charge is 0.330 e. The molecular formula is C11H22N2. The highest BCUT2D eigenvalue weighted by Gasteiger charge is 2.34. The SMILES string of the molecule is C=CCN(C(C)C)C1CCC1CN. The van der Waals surface area contributed by atoms with Crippen molar-refractivity contribution in [3.8, 4) is 0 Å². The molecule has 0 aromatic carbocycles. The molecule has 0 aliphatic heterocycles. The number of hydrogen-bond acceptors (Lipinski definition) is 2. The van der Waals surface area contributed by atoms with E-state index in [4.69, 9.17) is 5.73 Å². The quantitative estimate of drug-likeness (QED) is 0.655. The normalized spacial score (nSPS) is 27.8. The molecule has 0 bridgehead atoms. The first-order valence-electron chi connectivity index (χ1n) is 5.27. The predicted octanol–water partition coefficient (Wildman–Crippen LogP) is 1.62. The Labute approximate surface area is 81.8 Å². The molecule has 2 heteroatoms. The molecule has 0 amide bonds. The molecule has 0 aromatic rings. The van der Waals surface area contributed by atoms with Crippen LogP contribution in [0.1, 0.15) is 26.7 Å². The summed E-state index contributed by atoms with van der Waals surface area (Å²) in [7, 11) is 0. The summed E-state index contributed by atoms with van der Waals surface area (Å²) in [6.45, 7) is 10.1. The third kappa shape index (κ3) is 2.32.